The molecule has 1 heterocycles. The number of hydrogen-bond donors (Lipinski definition) is 0. The van der Waals surface area contributed by atoms with Crippen LogP contribution in [0.25, 0.3) is 0 Å². The first-order valence-corrected chi connectivity index (χ1v) is 8.68. The maximum absolute atomic E-state index is 13.1. The second kappa shape index (κ2) is 6.84. The molecule has 0 saturated carbocycles. The summed E-state index contributed by atoms with van der Waals surface area (Å²) in [6.07, 6.45) is -4.63. The van der Waals surface area contributed by atoms with Crippen LogP contribution in [0.1, 0.15) is 38.8 Å². The van der Waals surface area contributed by atoms with E-state index in [9.17, 15) is 13.2 Å². The topological polar surface area (TPSA) is 51.5 Å². The number of ether oxygens (including phenoxy) is 1. The van der Waals surface area contributed by atoms with Crippen molar-refractivity contribution in [1.29, 1.82) is 5.26 Å². The Bertz CT molecular complexity index is 902. The van der Waals surface area contributed by atoms with Crippen LogP contribution in [0.3, 0.4) is 0 Å². The summed E-state index contributed by atoms with van der Waals surface area (Å²) in [5.41, 5.74) is -1.63. The van der Waals surface area contributed by atoms with Gasteiger partial charge in [-0.25, -0.2) is 0 Å². The largest absolute Gasteiger partial charge is 0.494 e. The molecule has 3 rings (SSSR count). The van der Waals surface area contributed by atoms with Crippen molar-refractivity contribution < 1.29 is 27.2 Å². The van der Waals surface area contributed by atoms with Crippen molar-refractivity contribution in [2.75, 3.05) is 0 Å². The Labute approximate surface area is 162 Å². The quantitative estimate of drug-likeness (QED) is 0.716. The van der Waals surface area contributed by atoms with Crippen molar-refractivity contribution in [2.45, 2.75) is 45.1 Å². The molecule has 0 amide bonds. The molecule has 4 nitrogen and oxygen atoms in total. The van der Waals surface area contributed by atoms with E-state index in [2.05, 4.69) is 0 Å². The van der Waals surface area contributed by atoms with E-state index < -0.39 is 35.6 Å². The zero-order chi connectivity index (χ0) is 20.7. The third kappa shape index (κ3) is 3.86. The minimum absolute atomic E-state index is 0.00490. The van der Waals surface area contributed by atoms with E-state index in [4.69, 9.17) is 19.3 Å². The predicted molar refractivity (Wildman–Crippen MR) is 98.4 cm³/mol. The van der Waals surface area contributed by atoms with Crippen LogP contribution in [0.2, 0.25) is 0 Å². The molecule has 0 atom stereocenters. The monoisotopic (exact) mass is 389 g/mol. The highest BCUT2D eigenvalue weighted by molar-refractivity contribution is 6.62. The van der Waals surface area contributed by atoms with Crippen molar-refractivity contribution in [3.63, 3.8) is 0 Å². The molecule has 1 fully saturated rings. The lowest BCUT2D eigenvalue weighted by atomic mass is 9.79. The maximum atomic E-state index is 13.1. The SMILES string of the molecule is CC1(C)OB(c2ccc(Oc3ccc(C#N)c(C(F)(F)F)c3)cc2)OC1(C)C. The average molecular weight is 389 g/mol. The highest BCUT2D eigenvalue weighted by atomic mass is 19.4. The molecule has 0 bridgehead atoms. The van der Waals surface area contributed by atoms with Gasteiger partial charge in [-0.2, -0.15) is 18.4 Å². The van der Waals surface area contributed by atoms with E-state index in [1.165, 1.54) is 6.07 Å². The van der Waals surface area contributed by atoms with Crippen molar-refractivity contribution in [1.82, 2.24) is 0 Å². The zero-order valence-electron chi connectivity index (χ0n) is 15.9. The van der Waals surface area contributed by atoms with Gasteiger partial charge in [-0.1, -0.05) is 12.1 Å². The molecule has 0 aromatic heterocycles. The summed E-state index contributed by atoms with van der Waals surface area (Å²) < 4.78 is 56.7. The highest BCUT2D eigenvalue weighted by Gasteiger charge is 2.51. The molecular weight excluding hydrogens is 370 g/mol. The lowest BCUT2D eigenvalue weighted by Crippen LogP contribution is -2.41. The lowest BCUT2D eigenvalue weighted by molar-refractivity contribution is -0.137. The van der Waals surface area contributed by atoms with Crippen molar-refractivity contribution >= 4 is 12.6 Å². The third-order valence-electron chi connectivity index (χ3n) is 5.06. The second-order valence-electron chi connectivity index (χ2n) is 7.58. The zero-order valence-corrected chi connectivity index (χ0v) is 15.9. The molecule has 1 aliphatic rings. The summed E-state index contributed by atoms with van der Waals surface area (Å²) >= 11 is 0. The van der Waals surface area contributed by atoms with Gasteiger partial charge in [0.15, 0.2) is 0 Å². The normalized spacial score (nSPS) is 18.0. The minimum atomic E-state index is -4.63. The first kappa shape index (κ1) is 20.2. The van der Waals surface area contributed by atoms with Gasteiger partial charge in [0.2, 0.25) is 0 Å². The fourth-order valence-corrected chi connectivity index (χ4v) is 2.73. The van der Waals surface area contributed by atoms with Gasteiger partial charge in [-0.05, 0) is 63.5 Å². The predicted octanol–water partition coefficient (Wildman–Crippen LogP) is 4.67. The number of nitrogens with zero attached hydrogens (tertiary/aromatic N) is 1. The minimum Gasteiger partial charge on any atom is -0.457 e. The molecule has 2 aromatic carbocycles. The Morgan fingerprint density at radius 1 is 0.929 bits per heavy atom. The van der Waals surface area contributed by atoms with E-state index in [1.807, 2.05) is 27.7 Å². The van der Waals surface area contributed by atoms with Crippen LogP contribution >= 0.6 is 0 Å². The molecule has 0 spiro atoms. The smallest absolute Gasteiger partial charge is 0.457 e. The summed E-state index contributed by atoms with van der Waals surface area (Å²) in [5.74, 6) is 0.354. The number of alkyl halides is 3. The van der Waals surface area contributed by atoms with Gasteiger partial charge in [0.05, 0.1) is 28.4 Å². The van der Waals surface area contributed by atoms with Crippen LogP contribution in [-0.2, 0) is 15.5 Å². The Balaban J connectivity index is 1.78. The number of halogens is 3. The van der Waals surface area contributed by atoms with E-state index >= 15 is 0 Å². The third-order valence-corrected chi connectivity index (χ3v) is 5.06. The average Bonchev–Trinajstić information content (AvgIpc) is 2.82. The first-order valence-electron chi connectivity index (χ1n) is 8.68. The molecule has 8 heteroatoms. The maximum Gasteiger partial charge on any atom is 0.494 e. The number of rotatable bonds is 3. The van der Waals surface area contributed by atoms with Crippen LogP contribution < -0.4 is 10.2 Å². The van der Waals surface area contributed by atoms with Crippen LogP contribution in [0.15, 0.2) is 42.5 Å². The van der Waals surface area contributed by atoms with E-state index in [0.29, 0.717) is 5.75 Å². The van der Waals surface area contributed by atoms with Gasteiger partial charge in [0.25, 0.3) is 0 Å². The summed E-state index contributed by atoms with van der Waals surface area (Å²) in [4.78, 5) is 0. The van der Waals surface area contributed by atoms with Crippen LogP contribution in [0, 0.1) is 11.3 Å². The molecule has 0 unspecified atom stereocenters. The van der Waals surface area contributed by atoms with Crippen molar-refractivity contribution in [2.24, 2.45) is 0 Å². The van der Waals surface area contributed by atoms with Gasteiger partial charge in [-0.3, -0.25) is 0 Å². The number of benzene rings is 2. The van der Waals surface area contributed by atoms with E-state index in [-0.39, 0.29) is 5.75 Å². The van der Waals surface area contributed by atoms with Crippen LogP contribution in [0.4, 0.5) is 13.2 Å². The molecule has 1 aliphatic heterocycles. The molecular formula is C20H19BF3NO3. The van der Waals surface area contributed by atoms with Gasteiger partial charge >= 0.3 is 13.3 Å². The lowest BCUT2D eigenvalue weighted by Gasteiger charge is -2.32. The molecule has 0 radical (unpaired) electrons. The van der Waals surface area contributed by atoms with Crippen LogP contribution in [-0.4, -0.2) is 18.3 Å². The number of nitriles is 1. The van der Waals surface area contributed by atoms with Gasteiger partial charge < -0.3 is 14.0 Å². The first-order chi connectivity index (χ1) is 12.9. The Hall–Kier alpha value is -2.50. The number of hydrogen-bond acceptors (Lipinski definition) is 4. The Kier molecular flexibility index (Phi) is 4.94. The summed E-state index contributed by atoms with van der Waals surface area (Å²) in [5, 5.41) is 8.86. The van der Waals surface area contributed by atoms with Crippen LogP contribution in [0.5, 0.6) is 11.5 Å². The molecule has 2 aromatic rings. The van der Waals surface area contributed by atoms with Crippen molar-refractivity contribution in [3.05, 3.63) is 53.6 Å². The van der Waals surface area contributed by atoms with Gasteiger partial charge in [0.1, 0.15) is 11.5 Å². The molecule has 0 N–H and O–H groups in total. The molecule has 146 valence electrons. The highest BCUT2D eigenvalue weighted by Crippen LogP contribution is 2.37. The molecule has 28 heavy (non-hydrogen) atoms. The summed E-state index contributed by atoms with van der Waals surface area (Å²) in [6.45, 7) is 7.81. The molecule has 1 saturated heterocycles. The fourth-order valence-electron chi connectivity index (χ4n) is 2.73. The molecule has 0 aliphatic carbocycles. The van der Waals surface area contributed by atoms with E-state index in [1.54, 1.807) is 30.3 Å². The summed E-state index contributed by atoms with van der Waals surface area (Å²) in [7, 11) is -0.536. The Morgan fingerprint density at radius 2 is 1.46 bits per heavy atom. The standard InChI is InChI=1S/C20H19BF3NO3/c1-18(2)19(3,4)28-21(27-18)14-6-9-15(10-7-14)26-16-8-5-13(12-25)17(11-16)20(22,23)24/h5-11H,1-4H3. The van der Waals surface area contributed by atoms with Gasteiger partial charge in [0, 0.05) is 0 Å². The second-order valence-corrected chi connectivity index (χ2v) is 7.58. The van der Waals surface area contributed by atoms with Crippen molar-refractivity contribution in [3.8, 4) is 17.6 Å². The fraction of sp³-hybridized carbons (Fsp3) is 0.350. The van der Waals surface area contributed by atoms with E-state index in [0.717, 1.165) is 17.6 Å². The van der Waals surface area contributed by atoms with Gasteiger partial charge in [-0.15, -0.1) is 0 Å². The summed E-state index contributed by atoms with van der Waals surface area (Å²) in [6, 6.07) is 11.5. The Morgan fingerprint density at radius 3 is 1.96 bits per heavy atom.